The molecule has 2 N–H and O–H groups in total. The summed E-state index contributed by atoms with van der Waals surface area (Å²) < 4.78 is 40.2. The number of fused-ring (bicyclic) bond motifs is 1. The molecule has 1 aliphatic heterocycles. The third-order valence-corrected chi connectivity index (χ3v) is 6.40. The topological polar surface area (TPSA) is 79.3 Å². The van der Waals surface area contributed by atoms with Crippen LogP contribution in [0, 0.1) is 6.92 Å². The van der Waals surface area contributed by atoms with Crippen LogP contribution in [0.3, 0.4) is 0 Å². The van der Waals surface area contributed by atoms with Gasteiger partial charge in [-0.25, -0.2) is 4.68 Å². The molecular formula is C32H36F3N5O2. The van der Waals surface area contributed by atoms with Gasteiger partial charge in [0.2, 0.25) is 5.91 Å². The number of hydrogen-bond donors (Lipinski definition) is 2. The second-order valence-electron chi connectivity index (χ2n) is 9.17. The minimum absolute atomic E-state index is 0.170. The molecule has 1 aromatic heterocycles. The Morgan fingerprint density at radius 2 is 1.57 bits per heavy atom. The fourth-order valence-corrected chi connectivity index (χ4v) is 4.38. The molecule has 0 aliphatic carbocycles. The van der Waals surface area contributed by atoms with E-state index in [2.05, 4.69) is 40.0 Å². The molecular weight excluding hydrogens is 543 g/mol. The molecule has 0 radical (unpaired) electrons. The highest BCUT2D eigenvalue weighted by Gasteiger charge is 2.31. The zero-order valence-electron chi connectivity index (χ0n) is 24.2. The van der Waals surface area contributed by atoms with Crippen molar-refractivity contribution in [3.63, 3.8) is 0 Å². The highest BCUT2D eigenvalue weighted by Crippen LogP contribution is 2.29. The summed E-state index contributed by atoms with van der Waals surface area (Å²) >= 11 is 0. The fraction of sp³-hybridized carbons (Fsp3) is 0.281. The van der Waals surface area contributed by atoms with Crippen molar-refractivity contribution in [3.8, 4) is 5.69 Å². The van der Waals surface area contributed by atoms with Gasteiger partial charge in [0.15, 0.2) is 0 Å². The molecule has 7 nitrogen and oxygen atoms in total. The number of likely N-dealkylation sites (N-methyl/N-ethyl adjacent to an activating group) is 1. The van der Waals surface area contributed by atoms with Crippen molar-refractivity contribution in [1.82, 2.24) is 20.4 Å². The van der Waals surface area contributed by atoms with Crippen molar-refractivity contribution in [1.29, 1.82) is 0 Å². The van der Waals surface area contributed by atoms with E-state index >= 15 is 0 Å². The van der Waals surface area contributed by atoms with E-state index in [9.17, 15) is 22.8 Å². The third-order valence-electron chi connectivity index (χ3n) is 6.40. The largest absolute Gasteiger partial charge is 0.416 e. The Labute approximate surface area is 244 Å². The molecule has 3 aromatic carbocycles. The van der Waals surface area contributed by atoms with Gasteiger partial charge in [-0.1, -0.05) is 62.4 Å². The molecule has 42 heavy (non-hydrogen) atoms. The molecule has 5 rings (SSSR count). The summed E-state index contributed by atoms with van der Waals surface area (Å²) in [6, 6.07) is 21.9. The van der Waals surface area contributed by atoms with Crippen molar-refractivity contribution in [2.45, 2.75) is 47.0 Å². The van der Waals surface area contributed by atoms with E-state index in [0.29, 0.717) is 12.4 Å². The lowest BCUT2D eigenvalue weighted by atomic mass is 10.1. The molecule has 0 bridgehead atoms. The quantitative estimate of drug-likeness (QED) is 0.281. The molecule has 0 unspecified atom stereocenters. The Bertz CT molecular complexity index is 1450. The summed E-state index contributed by atoms with van der Waals surface area (Å²) in [4.78, 5) is 26.6. The van der Waals surface area contributed by atoms with Crippen molar-refractivity contribution >= 4 is 17.6 Å². The number of nitrogens with zero attached hydrogens (tertiary/aromatic N) is 3. The number of benzene rings is 3. The molecule has 0 atom stereocenters. The van der Waals surface area contributed by atoms with Crippen molar-refractivity contribution in [3.05, 3.63) is 113 Å². The number of alkyl halides is 3. The third kappa shape index (κ3) is 8.07. The zero-order chi connectivity index (χ0) is 30.7. The van der Waals surface area contributed by atoms with Crippen LogP contribution in [0.2, 0.25) is 0 Å². The second-order valence-corrected chi connectivity index (χ2v) is 9.17. The van der Waals surface area contributed by atoms with E-state index in [4.69, 9.17) is 0 Å². The van der Waals surface area contributed by atoms with Crippen LogP contribution < -0.4 is 15.5 Å². The van der Waals surface area contributed by atoms with Crippen LogP contribution in [-0.4, -0.2) is 34.7 Å². The highest BCUT2D eigenvalue weighted by molar-refractivity contribution is 6.00. The van der Waals surface area contributed by atoms with E-state index < -0.39 is 23.6 Å². The average Bonchev–Trinajstić information content (AvgIpc) is 3.65. The van der Waals surface area contributed by atoms with Gasteiger partial charge in [-0.2, -0.15) is 18.3 Å². The first-order valence-electron chi connectivity index (χ1n) is 13.8. The van der Waals surface area contributed by atoms with Gasteiger partial charge in [0, 0.05) is 30.8 Å². The van der Waals surface area contributed by atoms with Crippen LogP contribution >= 0.6 is 0 Å². The number of para-hydroxylation sites is 1. The monoisotopic (exact) mass is 579 g/mol. The van der Waals surface area contributed by atoms with Gasteiger partial charge < -0.3 is 10.6 Å². The molecule has 2 heterocycles. The number of aromatic nitrogens is 2. The Balaban J connectivity index is 0.000000366. The maximum Gasteiger partial charge on any atom is 0.416 e. The Morgan fingerprint density at radius 3 is 2.17 bits per heavy atom. The molecule has 0 fully saturated rings. The van der Waals surface area contributed by atoms with Crippen molar-refractivity contribution in [2.24, 2.45) is 0 Å². The van der Waals surface area contributed by atoms with Crippen LogP contribution in [0.1, 0.15) is 53.4 Å². The molecule has 10 heteroatoms. The number of rotatable bonds is 6. The summed E-state index contributed by atoms with van der Waals surface area (Å²) in [6.07, 6.45) is -2.92. The summed E-state index contributed by atoms with van der Waals surface area (Å²) in [6.45, 7) is 9.65. The first-order valence-corrected chi connectivity index (χ1v) is 13.8. The van der Waals surface area contributed by atoms with Gasteiger partial charge >= 0.3 is 6.18 Å². The van der Waals surface area contributed by atoms with Crippen LogP contribution in [0.15, 0.2) is 85.1 Å². The van der Waals surface area contributed by atoms with Gasteiger partial charge in [0.25, 0.3) is 5.91 Å². The van der Waals surface area contributed by atoms with E-state index in [1.54, 1.807) is 17.8 Å². The molecule has 0 spiro atoms. The number of aryl methyl sites for hydroxylation is 1. The SMILES string of the molecule is CC.CCN(C(=O)CNC(=O)c1cccc(C(F)(F)F)c1)c1c(C)cnn1-c1ccccc1.c1ccc2c(c1)CNC2. The van der Waals surface area contributed by atoms with Gasteiger partial charge in [-0.15, -0.1) is 0 Å². The molecule has 222 valence electrons. The predicted octanol–water partition coefficient (Wildman–Crippen LogP) is 6.30. The Kier molecular flexibility index (Phi) is 11.4. The number of halogens is 3. The summed E-state index contributed by atoms with van der Waals surface area (Å²) in [5, 5.41) is 10.0. The van der Waals surface area contributed by atoms with E-state index in [0.717, 1.165) is 42.5 Å². The van der Waals surface area contributed by atoms with Crippen molar-refractivity contribution in [2.75, 3.05) is 18.0 Å². The van der Waals surface area contributed by atoms with Gasteiger partial charge in [0.05, 0.1) is 24.0 Å². The second kappa shape index (κ2) is 15.0. The predicted molar refractivity (Wildman–Crippen MR) is 158 cm³/mol. The minimum Gasteiger partial charge on any atom is -0.343 e. The average molecular weight is 580 g/mol. The van der Waals surface area contributed by atoms with E-state index in [1.807, 2.05) is 51.1 Å². The van der Waals surface area contributed by atoms with Crippen LogP contribution in [0.25, 0.3) is 5.69 Å². The molecule has 1 aliphatic rings. The first kappa shape index (κ1) is 32.1. The number of carbonyl (C=O) groups is 2. The zero-order valence-corrected chi connectivity index (χ0v) is 24.2. The smallest absolute Gasteiger partial charge is 0.343 e. The lowest BCUT2D eigenvalue weighted by Gasteiger charge is -2.23. The molecule has 2 amide bonds. The standard InChI is InChI=1S/C22H21F3N4O2.C8H9N.C2H6/c1-3-28(21-15(2)13-27-29(21)18-10-5-4-6-11-18)19(30)14-26-20(31)16-8-7-9-17(12-16)22(23,24)25;1-2-4-8-6-9-5-7(8)3-1;1-2/h4-13H,3,14H2,1-2H3,(H,26,31);1-4,9H,5-6H2;1-2H3. The fourth-order valence-electron chi connectivity index (χ4n) is 4.38. The Morgan fingerprint density at radius 1 is 0.952 bits per heavy atom. The Hall–Kier alpha value is -4.44. The summed E-state index contributed by atoms with van der Waals surface area (Å²) in [5.74, 6) is -0.612. The van der Waals surface area contributed by atoms with E-state index in [-0.39, 0.29) is 12.1 Å². The number of nitrogens with one attached hydrogen (secondary N) is 2. The molecule has 4 aromatic rings. The number of carbonyl (C=O) groups excluding carboxylic acids is 2. The van der Waals surface area contributed by atoms with Crippen LogP contribution in [-0.2, 0) is 24.1 Å². The normalized spacial score (nSPS) is 11.8. The first-order chi connectivity index (χ1) is 20.2. The van der Waals surface area contributed by atoms with Crippen molar-refractivity contribution < 1.29 is 22.8 Å². The minimum atomic E-state index is -4.56. The van der Waals surface area contributed by atoms with Gasteiger partial charge in [0.1, 0.15) is 5.82 Å². The van der Waals surface area contributed by atoms with E-state index in [1.165, 1.54) is 22.1 Å². The number of anilines is 1. The maximum absolute atomic E-state index is 12.9. The number of hydrogen-bond acceptors (Lipinski definition) is 4. The van der Waals surface area contributed by atoms with Crippen LogP contribution in [0.4, 0.5) is 19.0 Å². The molecule has 0 saturated carbocycles. The van der Waals surface area contributed by atoms with Gasteiger partial charge in [-0.05, 0) is 55.3 Å². The summed E-state index contributed by atoms with van der Waals surface area (Å²) in [5.41, 5.74) is 3.35. The number of amides is 2. The molecule has 0 saturated heterocycles. The van der Waals surface area contributed by atoms with Crippen LogP contribution in [0.5, 0.6) is 0 Å². The summed E-state index contributed by atoms with van der Waals surface area (Å²) in [7, 11) is 0. The highest BCUT2D eigenvalue weighted by atomic mass is 19.4. The lowest BCUT2D eigenvalue weighted by Crippen LogP contribution is -2.41. The lowest BCUT2D eigenvalue weighted by molar-refractivity contribution is -0.137. The van der Waals surface area contributed by atoms with Gasteiger partial charge in [-0.3, -0.25) is 14.5 Å². The maximum atomic E-state index is 12.9.